The largest absolute Gasteiger partial charge is 0.435 e. The van der Waals surface area contributed by atoms with Crippen LogP contribution in [0.3, 0.4) is 0 Å². The topological polar surface area (TPSA) is 29.9 Å². The van der Waals surface area contributed by atoms with Gasteiger partial charge in [0, 0.05) is 18.8 Å². The first kappa shape index (κ1) is 16.0. The highest BCUT2D eigenvalue weighted by Gasteiger charge is 2.33. The van der Waals surface area contributed by atoms with Crippen LogP contribution < -0.4 is 5.32 Å². The van der Waals surface area contributed by atoms with Gasteiger partial charge in [0.05, 0.1) is 6.54 Å². The maximum Gasteiger partial charge on any atom is 0.435 e. The van der Waals surface area contributed by atoms with Gasteiger partial charge < -0.3 is 5.32 Å². The fourth-order valence-corrected chi connectivity index (χ4v) is 1.87. The number of unbranched alkanes of at least 4 members (excludes halogenated alkanes) is 2. The van der Waals surface area contributed by atoms with Crippen molar-refractivity contribution in [3.8, 4) is 0 Å². The smallest absolute Gasteiger partial charge is 0.312 e. The summed E-state index contributed by atoms with van der Waals surface area (Å²) in [6.45, 7) is 5.34. The van der Waals surface area contributed by atoms with E-state index < -0.39 is 11.9 Å². The maximum atomic E-state index is 12.3. The van der Waals surface area contributed by atoms with E-state index in [2.05, 4.69) is 24.3 Å². The third kappa shape index (κ3) is 6.09. The summed E-state index contributed by atoms with van der Waals surface area (Å²) in [6.07, 6.45) is 1.71. The third-order valence-corrected chi connectivity index (χ3v) is 3.01. The number of nitrogens with one attached hydrogen (secondary N) is 1. The van der Waals surface area contributed by atoms with E-state index in [0.29, 0.717) is 19.1 Å². The molecule has 1 aromatic rings. The molecule has 19 heavy (non-hydrogen) atoms. The van der Waals surface area contributed by atoms with Gasteiger partial charge in [-0.25, -0.2) is 0 Å². The Morgan fingerprint density at radius 3 is 2.68 bits per heavy atom. The van der Waals surface area contributed by atoms with Gasteiger partial charge in [0.25, 0.3) is 0 Å². The van der Waals surface area contributed by atoms with Crippen molar-refractivity contribution in [1.82, 2.24) is 15.1 Å². The molecule has 0 amide bonds. The fourth-order valence-electron chi connectivity index (χ4n) is 1.87. The standard InChI is InChI=1S/C13H22F3N3/c1-3-4-5-6-11(2)17-8-10-19-9-7-12(18-19)13(14,15)16/h7,9,11,17H,3-6,8,10H2,1-2H3. The van der Waals surface area contributed by atoms with E-state index in [4.69, 9.17) is 0 Å². The first-order valence-electron chi connectivity index (χ1n) is 6.77. The molecule has 0 aliphatic heterocycles. The zero-order chi connectivity index (χ0) is 14.3. The Hall–Kier alpha value is -1.04. The van der Waals surface area contributed by atoms with Gasteiger partial charge >= 0.3 is 6.18 Å². The van der Waals surface area contributed by atoms with E-state index in [1.54, 1.807) is 0 Å². The minimum absolute atomic E-state index is 0.393. The zero-order valence-electron chi connectivity index (χ0n) is 11.5. The van der Waals surface area contributed by atoms with E-state index in [-0.39, 0.29) is 0 Å². The Labute approximate surface area is 112 Å². The van der Waals surface area contributed by atoms with Gasteiger partial charge in [-0.2, -0.15) is 18.3 Å². The van der Waals surface area contributed by atoms with Gasteiger partial charge in [-0.05, 0) is 19.4 Å². The molecule has 0 radical (unpaired) electrons. The summed E-state index contributed by atoms with van der Waals surface area (Å²) in [7, 11) is 0. The van der Waals surface area contributed by atoms with Crippen molar-refractivity contribution in [2.24, 2.45) is 0 Å². The summed E-state index contributed by atoms with van der Waals surface area (Å²) in [4.78, 5) is 0. The lowest BCUT2D eigenvalue weighted by atomic mass is 10.1. The van der Waals surface area contributed by atoms with Crippen molar-refractivity contribution < 1.29 is 13.2 Å². The van der Waals surface area contributed by atoms with Crippen molar-refractivity contribution in [2.75, 3.05) is 6.54 Å². The minimum atomic E-state index is -4.36. The van der Waals surface area contributed by atoms with Crippen molar-refractivity contribution in [2.45, 2.75) is 58.3 Å². The van der Waals surface area contributed by atoms with Crippen molar-refractivity contribution in [3.63, 3.8) is 0 Å². The molecule has 1 atom stereocenters. The number of halogens is 3. The summed E-state index contributed by atoms with van der Waals surface area (Å²) in [5.74, 6) is 0. The van der Waals surface area contributed by atoms with Gasteiger partial charge in [-0.3, -0.25) is 4.68 Å². The summed E-state index contributed by atoms with van der Waals surface area (Å²) in [6, 6.07) is 1.40. The number of nitrogens with zero attached hydrogens (tertiary/aromatic N) is 2. The van der Waals surface area contributed by atoms with Gasteiger partial charge in [0.15, 0.2) is 5.69 Å². The Morgan fingerprint density at radius 1 is 1.37 bits per heavy atom. The molecule has 1 aromatic heterocycles. The van der Waals surface area contributed by atoms with Crippen LogP contribution in [-0.2, 0) is 12.7 Å². The number of aromatic nitrogens is 2. The molecule has 6 heteroatoms. The lowest BCUT2D eigenvalue weighted by Gasteiger charge is -2.13. The first-order valence-corrected chi connectivity index (χ1v) is 6.77. The second-order valence-corrected chi connectivity index (χ2v) is 4.81. The molecule has 0 aliphatic carbocycles. The Bertz CT molecular complexity index is 360. The molecule has 1 N–H and O–H groups in total. The Morgan fingerprint density at radius 2 is 2.11 bits per heavy atom. The van der Waals surface area contributed by atoms with Gasteiger partial charge in [0.2, 0.25) is 0 Å². The molecule has 0 fully saturated rings. The second kappa shape index (κ2) is 7.53. The minimum Gasteiger partial charge on any atom is -0.312 e. The van der Waals surface area contributed by atoms with Crippen LogP contribution in [0, 0.1) is 0 Å². The second-order valence-electron chi connectivity index (χ2n) is 4.81. The molecule has 0 saturated heterocycles. The number of rotatable bonds is 8. The predicted molar refractivity (Wildman–Crippen MR) is 68.8 cm³/mol. The van der Waals surface area contributed by atoms with E-state index in [0.717, 1.165) is 12.5 Å². The average molecular weight is 277 g/mol. The number of hydrogen-bond donors (Lipinski definition) is 1. The predicted octanol–water partition coefficient (Wildman–Crippen LogP) is 3.46. The van der Waals surface area contributed by atoms with E-state index in [9.17, 15) is 13.2 Å². The number of hydrogen-bond acceptors (Lipinski definition) is 2. The van der Waals surface area contributed by atoms with Crippen LogP contribution in [0.4, 0.5) is 13.2 Å². The molecule has 110 valence electrons. The van der Waals surface area contributed by atoms with E-state index in [1.165, 1.54) is 30.1 Å². The molecule has 1 heterocycles. The first-order chi connectivity index (χ1) is 8.93. The summed E-state index contributed by atoms with van der Waals surface area (Å²) >= 11 is 0. The van der Waals surface area contributed by atoms with Crippen LogP contribution in [0.5, 0.6) is 0 Å². The van der Waals surface area contributed by atoms with E-state index >= 15 is 0 Å². The average Bonchev–Trinajstić information content (AvgIpc) is 2.78. The Kier molecular flexibility index (Phi) is 6.34. The quantitative estimate of drug-likeness (QED) is 0.737. The van der Waals surface area contributed by atoms with Crippen molar-refractivity contribution in [3.05, 3.63) is 18.0 Å². The molecule has 0 spiro atoms. The summed E-state index contributed by atoms with van der Waals surface area (Å²) < 4.78 is 38.3. The SMILES string of the molecule is CCCCCC(C)NCCn1ccc(C(F)(F)F)n1. The van der Waals surface area contributed by atoms with Crippen LogP contribution in [0.25, 0.3) is 0 Å². The Balaban J connectivity index is 2.24. The summed E-state index contributed by atoms with van der Waals surface area (Å²) in [5.41, 5.74) is -0.830. The van der Waals surface area contributed by atoms with Crippen molar-refractivity contribution in [1.29, 1.82) is 0 Å². The molecule has 0 bridgehead atoms. The molecule has 0 aromatic carbocycles. The van der Waals surface area contributed by atoms with Crippen LogP contribution >= 0.6 is 0 Å². The third-order valence-electron chi connectivity index (χ3n) is 3.01. The highest BCUT2D eigenvalue weighted by molar-refractivity contribution is 5.03. The van der Waals surface area contributed by atoms with Crippen LogP contribution in [0.1, 0.15) is 45.2 Å². The molecule has 1 rings (SSSR count). The van der Waals surface area contributed by atoms with Gasteiger partial charge in [0.1, 0.15) is 0 Å². The van der Waals surface area contributed by atoms with Gasteiger partial charge in [-0.1, -0.05) is 26.2 Å². The molecule has 0 aliphatic rings. The van der Waals surface area contributed by atoms with E-state index in [1.807, 2.05) is 0 Å². The maximum absolute atomic E-state index is 12.3. The highest BCUT2D eigenvalue weighted by Crippen LogP contribution is 2.27. The van der Waals surface area contributed by atoms with Gasteiger partial charge in [-0.15, -0.1) is 0 Å². The normalized spacial score (nSPS) is 13.7. The molecular formula is C13H22F3N3. The summed E-state index contributed by atoms with van der Waals surface area (Å²) in [5, 5.41) is 6.80. The fraction of sp³-hybridized carbons (Fsp3) is 0.769. The van der Waals surface area contributed by atoms with Crippen LogP contribution in [0.15, 0.2) is 12.3 Å². The molecule has 3 nitrogen and oxygen atoms in total. The zero-order valence-corrected chi connectivity index (χ0v) is 11.5. The molecule has 0 saturated carbocycles. The molecular weight excluding hydrogens is 255 g/mol. The van der Waals surface area contributed by atoms with Crippen molar-refractivity contribution >= 4 is 0 Å². The lowest BCUT2D eigenvalue weighted by molar-refractivity contribution is -0.141. The highest BCUT2D eigenvalue weighted by atomic mass is 19.4. The van der Waals surface area contributed by atoms with Crippen LogP contribution in [-0.4, -0.2) is 22.4 Å². The monoisotopic (exact) mass is 277 g/mol. The lowest BCUT2D eigenvalue weighted by Crippen LogP contribution is -2.29. The number of alkyl halides is 3. The van der Waals surface area contributed by atoms with Crippen LogP contribution in [0.2, 0.25) is 0 Å². The molecule has 1 unspecified atom stereocenters.